The van der Waals surface area contributed by atoms with Crippen LogP contribution >= 0.6 is 34.7 Å². The molecule has 5 rings (SSSR count). The smallest absolute Gasteiger partial charge is 0.341 e. The molecule has 4 aromatic rings. The molecule has 11 nitrogen and oxygen atoms in total. The average Bonchev–Trinajstić information content (AvgIpc) is 3.74. The van der Waals surface area contributed by atoms with Crippen LogP contribution in [-0.2, 0) is 33.7 Å². The molecule has 2 aromatic heterocycles. The summed E-state index contributed by atoms with van der Waals surface area (Å²) in [6, 6.07) is 14.0. The predicted octanol–water partition coefficient (Wildman–Crippen LogP) is 5.47. The SMILES string of the molecule is CCOC(=O)c1c(NC(=O)C(C)Sc2nnc(CNC(=O)COc3ccc(Cl)cc3)n2-c2ccccc2OC)sc2c1CCC2. The number of para-hydroxylation sites is 2. The zero-order chi connectivity index (χ0) is 31.9. The maximum absolute atomic E-state index is 13.4. The van der Waals surface area contributed by atoms with Crippen molar-refractivity contribution in [2.45, 2.75) is 50.1 Å². The number of nitrogens with one attached hydrogen (secondary N) is 2. The van der Waals surface area contributed by atoms with Gasteiger partial charge in [-0.2, -0.15) is 0 Å². The van der Waals surface area contributed by atoms with Crippen molar-refractivity contribution in [3.05, 3.63) is 75.4 Å². The molecule has 1 unspecified atom stereocenters. The fourth-order valence-corrected chi connectivity index (χ4v) is 7.08. The van der Waals surface area contributed by atoms with E-state index < -0.39 is 11.2 Å². The van der Waals surface area contributed by atoms with E-state index in [-0.39, 0.29) is 31.6 Å². The van der Waals surface area contributed by atoms with Gasteiger partial charge in [0, 0.05) is 9.90 Å². The lowest BCUT2D eigenvalue weighted by Gasteiger charge is -2.16. The van der Waals surface area contributed by atoms with Gasteiger partial charge in [-0.25, -0.2) is 4.79 Å². The number of halogens is 1. The molecular weight excluding hydrogens is 638 g/mol. The molecule has 14 heteroatoms. The fraction of sp³-hybridized carbons (Fsp3) is 0.323. The minimum atomic E-state index is -0.620. The first-order chi connectivity index (χ1) is 21.8. The second-order valence-corrected chi connectivity index (χ2v) is 12.8. The van der Waals surface area contributed by atoms with E-state index in [1.54, 1.807) is 55.9 Å². The molecule has 0 aliphatic heterocycles. The largest absolute Gasteiger partial charge is 0.495 e. The Morgan fingerprint density at radius 2 is 1.89 bits per heavy atom. The Morgan fingerprint density at radius 1 is 1.11 bits per heavy atom. The Hall–Kier alpha value is -4.07. The third-order valence-corrected chi connectivity index (χ3v) is 9.44. The zero-order valence-corrected chi connectivity index (χ0v) is 27.3. The quantitative estimate of drug-likeness (QED) is 0.140. The Kier molecular flexibility index (Phi) is 10.6. The highest BCUT2D eigenvalue weighted by Crippen LogP contribution is 2.40. The summed E-state index contributed by atoms with van der Waals surface area (Å²) in [4.78, 5) is 39.9. The molecule has 1 aliphatic carbocycles. The molecule has 2 N–H and O–H groups in total. The summed E-state index contributed by atoms with van der Waals surface area (Å²) in [6.07, 6.45) is 2.64. The van der Waals surface area contributed by atoms with Crippen molar-refractivity contribution in [2.24, 2.45) is 0 Å². The molecule has 0 radical (unpaired) electrons. The predicted molar refractivity (Wildman–Crippen MR) is 173 cm³/mol. The van der Waals surface area contributed by atoms with Crippen molar-refractivity contribution in [3.63, 3.8) is 0 Å². The van der Waals surface area contributed by atoms with Gasteiger partial charge in [0.25, 0.3) is 5.91 Å². The van der Waals surface area contributed by atoms with Crippen LogP contribution in [0.15, 0.2) is 53.7 Å². The van der Waals surface area contributed by atoms with Crippen LogP contribution < -0.4 is 20.1 Å². The Balaban J connectivity index is 1.32. The maximum Gasteiger partial charge on any atom is 0.341 e. The number of hydrogen-bond donors (Lipinski definition) is 2. The molecular formula is C31H32ClN5O6S2. The van der Waals surface area contributed by atoms with Gasteiger partial charge in [0.2, 0.25) is 5.91 Å². The van der Waals surface area contributed by atoms with E-state index in [1.165, 1.54) is 23.1 Å². The second kappa shape index (κ2) is 14.8. The van der Waals surface area contributed by atoms with Crippen molar-refractivity contribution < 1.29 is 28.6 Å². The molecule has 0 saturated heterocycles. The molecule has 1 atom stereocenters. The van der Waals surface area contributed by atoms with Crippen LogP contribution in [0.25, 0.3) is 5.69 Å². The third kappa shape index (κ3) is 7.60. The van der Waals surface area contributed by atoms with Gasteiger partial charge >= 0.3 is 5.97 Å². The first kappa shape index (κ1) is 32.3. The number of amides is 2. The summed E-state index contributed by atoms with van der Waals surface area (Å²) in [6.45, 7) is 3.60. The van der Waals surface area contributed by atoms with Gasteiger partial charge < -0.3 is 24.8 Å². The topological polar surface area (TPSA) is 134 Å². The highest BCUT2D eigenvalue weighted by molar-refractivity contribution is 8.00. The first-order valence-electron chi connectivity index (χ1n) is 14.3. The van der Waals surface area contributed by atoms with Crippen LogP contribution in [-0.4, -0.2) is 58.1 Å². The number of anilines is 1. The number of benzene rings is 2. The summed E-state index contributed by atoms with van der Waals surface area (Å²) in [5, 5.41) is 15.3. The number of nitrogens with zero attached hydrogens (tertiary/aromatic N) is 3. The molecule has 0 saturated carbocycles. The number of aryl methyl sites for hydroxylation is 1. The number of thiophene rings is 1. The average molecular weight is 670 g/mol. The minimum absolute atomic E-state index is 0.0403. The fourth-order valence-electron chi connectivity index (χ4n) is 4.79. The number of rotatable bonds is 13. The van der Waals surface area contributed by atoms with E-state index >= 15 is 0 Å². The number of carbonyl (C=O) groups excluding carboxylic acids is 3. The summed E-state index contributed by atoms with van der Waals surface area (Å²) in [5.41, 5.74) is 2.06. The molecule has 2 aromatic carbocycles. The summed E-state index contributed by atoms with van der Waals surface area (Å²) >= 11 is 8.53. The molecule has 1 aliphatic rings. The zero-order valence-electron chi connectivity index (χ0n) is 24.9. The van der Waals surface area contributed by atoms with Crippen molar-refractivity contribution >= 4 is 57.5 Å². The van der Waals surface area contributed by atoms with Crippen LogP contribution in [0.5, 0.6) is 11.5 Å². The lowest BCUT2D eigenvalue weighted by Crippen LogP contribution is -2.29. The number of carbonyl (C=O) groups is 3. The summed E-state index contributed by atoms with van der Waals surface area (Å²) in [7, 11) is 1.56. The van der Waals surface area contributed by atoms with Gasteiger partial charge in [-0.05, 0) is 75.1 Å². The number of fused-ring (bicyclic) bond motifs is 1. The highest BCUT2D eigenvalue weighted by Gasteiger charge is 2.30. The number of esters is 1. The third-order valence-electron chi connectivity index (χ3n) is 6.94. The summed E-state index contributed by atoms with van der Waals surface area (Å²) in [5.74, 6) is 0.416. The maximum atomic E-state index is 13.4. The van der Waals surface area contributed by atoms with Crippen molar-refractivity contribution in [3.8, 4) is 17.2 Å². The van der Waals surface area contributed by atoms with Gasteiger partial charge in [0.05, 0.1) is 36.8 Å². The number of thioether (sulfide) groups is 1. The van der Waals surface area contributed by atoms with E-state index in [0.29, 0.717) is 43.8 Å². The molecule has 2 heterocycles. The van der Waals surface area contributed by atoms with E-state index in [9.17, 15) is 14.4 Å². The van der Waals surface area contributed by atoms with Crippen molar-refractivity contribution in [2.75, 3.05) is 25.6 Å². The molecule has 0 spiro atoms. The number of aromatic nitrogens is 3. The van der Waals surface area contributed by atoms with Crippen LogP contribution in [0.4, 0.5) is 5.00 Å². The lowest BCUT2D eigenvalue weighted by atomic mass is 10.1. The van der Waals surface area contributed by atoms with Gasteiger partial charge in [-0.3, -0.25) is 14.2 Å². The number of ether oxygens (including phenoxy) is 3. The minimum Gasteiger partial charge on any atom is -0.495 e. The van der Waals surface area contributed by atoms with E-state index in [0.717, 1.165) is 29.7 Å². The Morgan fingerprint density at radius 3 is 2.64 bits per heavy atom. The molecule has 0 bridgehead atoms. The van der Waals surface area contributed by atoms with Gasteiger partial charge in [0.1, 0.15) is 16.5 Å². The highest BCUT2D eigenvalue weighted by atomic mass is 35.5. The Bertz CT molecular complexity index is 1690. The van der Waals surface area contributed by atoms with E-state index in [2.05, 4.69) is 20.8 Å². The van der Waals surface area contributed by atoms with Crippen LogP contribution in [0.3, 0.4) is 0 Å². The molecule has 2 amide bonds. The monoisotopic (exact) mass is 669 g/mol. The summed E-state index contributed by atoms with van der Waals surface area (Å²) < 4.78 is 18.2. The molecule has 45 heavy (non-hydrogen) atoms. The van der Waals surface area contributed by atoms with Crippen LogP contribution in [0, 0.1) is 0 Å². The second-order valence-electron chi connectivity index (χ2n) is 9.96. The normalized spacial score (nSPS) is 12.7. The van der Waals surface area contributed by atoms with Gasteiger partial charge in [-0.1, -0.05) is 35.5 Å². The number of methoxy groups -OCH3 is 1. The van der Waals surface area contributed by atoms with Crippen LogP contribution in [0.1, 0.15) is 46.9 Å². The van der Waals surface area contributed by atoms with E-state index in [1.807, 2.05) is 18.2 Å². The Labute approximate surface area is 273 Å². The first-order valence-corrected chi connectivity index (χ1v) is 16.4. The molecule has 0 fully saturated rings. The van der Waals surface area contributed by atoms with E-state index in [4.69, 9.17) is 25.8 Å². The van der Waals surface area contributed by atoms with Crippen molar-refractivity contribution in [1.29, 1.82) is 0 Å². The van der Waals surface area contributed by atoms with Crippen molar-refractivity contribution in [1.82, 2.24) is 20.1 Å². The van der Waals surface area contributed by atoms with Gasteiger partial charge in [-0.15, -0.1) is 21.5 Å². The molecule has 236 valence electrons. The lowest BCUT2D eigenvalue weighted by molar-refractivity contribution is -0.123. The van der Waals surface area contributed by atoms with Crippen LogP contribution in [0.2, 0.25) is 5.02 Å². The van der Waals surface area contributed by atoms with Gasteiger partial charge in [0.15, 0.2) is 17.6 Å². The number of hydrogen-bond acceptors (Lipinski definition) is 10. The standard InChI is InChI=1S/C31H32ClN5O6S2/c1-4-42-30(40)27-21-8-7-11-24(21)45-29(27)34-28(39)18(2)44-31-36-35-25(37(31)22-9-5-6-10-23(22)41-3)16-33-26(38)17-43-20-14-12-19(32)13-15-20/h5-6,9-10,12-15,18H,4,7-8,11,16-17H2,1-3H3,(H,33,38)(H,34,39).